The summed E-state index contributed by atoms with van der Waals surface area (Å²) in [6.45, 7) is 6.49. The van der Waals surface area contributed by atoms with Crippen molar-refractivity contribution in [3.05, 3.63) is 23.8 Å². The lowest BCUT2D eigenvalue weighted by Crippen LogP contribution is -2.21. The monoisotopic (exact) mass is 270 g/mol. The standard InChI is InChI=1S/C15H23ClO2/c1-15(2,3)14(16)7-6-11-8-12(17-4)10-13(9-11)18-5/h8-10,14H,6-7H2,1-5H3. The molecule has 3 heteroatoms. The Balaban J connectivity index is 2.72. The van der Waals surface area contributed by atoms with Crippen molar-refractivity contribution in [3.8, 4) is 11.5 Å². The largest absolute Gasteiger partial charge is 0.497 e. The van der Waals surface area contributed by atoms with E-state index in [0.29, 0.717) is 0 Å². The minimum Gasteiger partial charge on any atom is -0.497 e. The first-order chi connectivity index (χ1) is 8.36. The van der Waals surface area contributed by atoms with Crippen molar-refractivity contribution in [1.29, 1.82) is 0 Å². The van der Waals surface area contributed by atoms with Gasteiger partial charge in [0, 0.05) is 11.4 Å². The normalized spacial score (nSPS) is 13.2. The number of alkyl halides is 1. The summed E-state index contributed by atoms with van der Waals surface area (Å²) < 4.78 is 10.5. The van der Waals surface area contributed by atoms with Crippen molar-refractivity contribution in [2.24, 2.45) is 5.41 Å². The zero-order valence-corrected chi connectivity index (χ0v) is 12.7. The van der Waals surface area contributed by atoms with Gasteiger partial charge in [0.15, 0.2) is 0 Å². The van der Waals surface area contributed by atoms with Crippen molar-refractivity contribution < 1.29 is 9.47 Å². The van der Waals surface area contributed by atoms with Gasteiger partial charge >= 0.3 is 0 Å². The lowest BCUT2D eigenvalue weighted by molar-refractivity contribution is 0.372. The highest BCUT2D eigenvalue weighted by Crippen LogP contribution is 2.29. The summed E-state index contributed by atoms with van der Waals surface area (Å²) in [5, 5.41) is 0.162. The molecule has 0 fully saturated rings. The van der Waals surface area contributed by atoms with Gasteiger partial charge in [-0.2, -0.15) is 0 Å². The first kappa shape index (κ1) is 15.2. The third-order valence-electron chi connectivity index (χ3n) is 3.04. The highest BCUT2D eigenvalue weighted by Gasteiger charge is 2.21. The maximum atomic E-state index is 6.39. The first-order valence-corrected chi connectivity index (χ1v) is 6.66. The van der Waals surface area contributed by atoms with E-state index in [4.69, 9.17) is 21.1 Å². The van der Waals surface area contributed by atoms with Crippen molar-refractivity contribution in [2.75, 3.05) is 14.2 Å². The van der Waals surface area contributed by atoms with Gasteiger partial charge in [-0.3, -0.25) is 0 Å². The minimum absolute atomic E-state index is 0.129. The van der Waals surface area contributed by atoms with E-state index < -0.39 is 0 Å². The summed E-state index contributed by atoms with van der Waals surface area (Å²) in [4.78, 5) is 0. The van der Waals surface area contributed by atoms with Gasteiger partial charge < -0.3 is 9.47 Å². The fourth-order valence-electron chi connectivity index (χ4n) is 1.74. The average Bonchev–Trinajstić information content (AvgIpc) is 2.34. The number of aryl methyl sites for hydroxylation is 1. The minimum atomic E-state index is 0.129. The highest BCUT2D eigenvalue weighted by atomic mass is 35.5. The number of halogens is 1. The summed E-state index contributed by atoms with van der Waals surface area (Å²) in [5.74, 6) is 1.65. The Labute approximate surface area is 115 Å². The van der Waals surface area contributed by atoms with Crippen LogP contribution in [0.15, 0.2) is 18.2 Å². The van der Waals surface area contributed by atoms with E-state index in [1.54, 1.807) is 14.2 Å². The summed E-state index contributed by atoms with van der Waals surface area (Å²) in [7, 11) is 3.33. The highest BCUT2D eigenvalue weighted by molar-refractivity contribution is 6.21. The van der Waals surface area contributed by atoms with Gasteiger partial charge in [-0.1, -0.05) is 20.8 Å². The van der Waals surface area contributed by atoms with Crippen molar-refractivity contribution in [3.63, 3.8) is 0 Å². The quantitative estimate of drug-likeness (QED) is 0.743. The van der Waals surface area contributed by atoms with E-state index in [9.17, 15) is 0 Å². The van der Waals surface area contributed by atoms with Crippen LogP contribution in [0.2, 0.25) is 0 Å². The molecule has 0 aliphatic rings. The number of hydrogen-bond donors (Lipinski definition) is 0. The molecule has 18 heavy (non-hydrogen) atoms. The van der Waals surface area contributed by atoms with Gasteiger partial charge in [0.1, 0.15) is 11.5 Å². The topological polar surface area (TPSA) is 18.5 Å². The van der Waals surface area contributed by atoms with Crippen LogP contribution in [0.5, 0.6) is 11.5 Å². The van der Waals surface area contributed by atoms with E-state index >= 15 is 0 Å². The molecule has 0 aliphatic carbocycles. The number of ether oxygens (including phenoxy) is 2. The molecule has 0 N–H and O–H groups in total. The molecule has 1 unspecified atom stereocenters. The molecular formula is C15H23ClO2. The third kappa shape index (κ3) is 4.41. The average molecular weight is 271 g/mol. The molecule has 0 aromatic heterocycles. The maximum absolute atomic E-state index is 6.39. The summed E-state index contributed by atoms with van der Waals surface area (Å²) in [5.41, 5.74) is 1.32. The Bertz CT molecular complexity index is 360. The molecule has 1 aromatic rings. The SMILES string of the molecule is COc1cc(CCC(Cl)C(C)(C)C)cc(OC)c1. The maximum Gasteiger partial charge on any atom is 0.122 e. The van der Waals surface area contributed by atoms with Crippen molar-refractivity contribution >= 4 is 11.6 Å². The van der Waals surface area contributed by atoms with Crippen LogP contribution in [0.4, 0.5) is 0 Å². The zero-order valence-electron chi connectivity index (χ0n) is 11.9. The van der Waals surface area contributed by atoms with Crippen LogP contribution >= 0.6 is 11.6 Å². The predicted octanol–water partition coefficient (Wildman–Crippen LogP) is 4.29. The Morgan fingerprint density at radius 3 is 1.94 bits per heavy atom. The van der Waals surface area contributed by atoms with E-state index in [0.717, 1.165) is 24.3 Å². The third-order valence-corrected chi connectivity index (χ3v) is 3.91. The van der Waals surface area contributed by atoms with Gasteiger partial charge in [0.25, 0.3) is 0 Å². The molecule has 0 heterocycles. The molecule has 0 bridgehead atoms. The van der Waals surface area contributed by atoms with E-state index in [1.165, 1.54) is 5.56 Å². The van der Waals surface area contributed by atoms with Crippen molar-refractivity contribution in [2.45, 2.75) is 39.0 Å². The van der Waals surface area contributed by atoms with Crippen molar-refractivity contribution in [1.82, 2.24) is 0 Å². The van der Waals surface area contributed by atoms with E-state index in [-0.39, 0.29) is 10.8 Å². The van der Waals surface area contributed by atoms with E-state index in [2.05, 4.69) is 20.8 Å². The molecule has 1 atom stereocenters. The molecular weight excluding hydrogens is 248 g/mol. The fourth-order valence-corrected chi connectivity index (χ4v) is 1.85. The second kappa shape index (κ2) is 6.33. The molecule has 1 aromatic carbocycles. The molecule has 102 valence electrons. The molecule has 0 saturated carbocycles. The van der Waals surface area contributed by atoms with Crippen LogP contribution in [0.1, 0.15) is 32.8 Å². The van der Waals surface area contributed by atoms with Crippen LogP contribution in [0.25, 0.3) is 0 Å². The molecule has 0 aliphatic heterocycles. The van der Waals surface area contributed by atoms with Gasteiger partial charge in [-0.25, -0.2) is 0 Å². The van der Waals surface area contributed by atoms with Gasteiger partial charge in [-0.05, 0) is 36.0 Å². The number of hydrogen-bond acceptors (Lipinski definition) is 2. The van der Waals surface area contributed by atoms with Gasteiger partial charge in [-0.15, -0.1) is 11.6 Å². The fraction of sp³-hybridized carbons (Fsp3) is 0.600. The van der Waals surface area contributed by atoms with Crippen LogP contribution in [0, 0.1) is 5.41 Å². The molecule has 0 saturated heterocycles. The lowest BCUT2D eigenvalue weighted by Gasteiger charge is -2.25. The van der Waals surface area contributed by atoms with E-state index in [1.807, 2.05) is 18.2 Å². The summed E-state index contributed by atoms with van der Waals surface area (Å²) >= 11 is 6.39. The molecule has 0 spiro atoms. The number of benzene rings is 1. The Kier molecular flexibility index (Phi) is 5.33. The van der Waals surface area contributed by atoms with Gasteiger partial charge in [0.2, 0.25) is 0 Å². The second-order valence-corrected chi connectivity index (χ2v) is 6.12. The number of methoxy groups -OCH3 is 2. The molecule has 2 nitrogen and oxygen atoms in total. The lowest BCUT2D eigenvalue weighted by atomic mass is 9.88. The van der Waals surface area contributed by atoms with Crippen LogP contribution < -0.4 is 9.47 Å². The van der Waals surface area contributed by atoms with Crippen LogP contribution in [-0.4, -0.2) is 19.6 Å². The van der Waals surface area contributed by atoms with Gasteiger partial charge in [0.05, 0.1) is 14.2 Å². The van der Waals surface area contributed by atoms with Crippen LogP contribution in [0.3, 0.4) is 0 Å². The predicted molar refractivity (Wildman–Crippen MR) is 77.0 cm³/mol. The first-order valence-electron chi connectivity index (χ1n) is 6.23. The molecule has 1 rings (SSSR count). The van der Waals surface area contributed by atoms with Crippen LogP contribution in [-0.2, 0) is 6.42 Å². The molecule has 0 amide bonds. The second-order valence-electron chi connectivity index (χ2n) is 5.59. The number of rotatable bonds is 5. The Morgan fingerprint density at radius 1 is 1.06 bits per heavy atom. The summed E-state index contributed by atoms with van der Waals surface area (Å²) in [6.07, 6.45) is 1.88. The zero-order chi connectivity index (χ0) is 13.8. The summed E-state index contributed by atoms with van der Waals surface area (Å²) in [6, 6.07) is 5.95. The Hall–Kier alpha value is -0.890. The Morgan fingerprint density at radius 2 is 1.56 bits per heavy atom. The molecule has 0 radical (unpaired) electrons. The smallest absolute Gasteiger partial charge is 0.122 e.